The number of hydrogen-bond acceptors (Lipinski definition) is 6. The van der Waals surface area contributed by atoms with Crippen molar-refractivity contribution in [3.63, 3.8) is 0 Å². The summed E-state index contributed by atoms with van der Waals surface area (Å²) in [6.45, 7) is -0.351. The minimum Gasteiger partial charge on any atom is -0.362 e. The number of rotatable bonds is 5. The number of ether oxygens (including phenoxy) is 1. The Kier molecular flexibility index (Phi) is 4.40. The summed E-state index contributed by atoms with van der Waals surface area (Å²) in [6.07, 6.45) is -4.44. The molecule has 0 atom stereocenters. The predicted octanol–water partition coefficient (Wildman–Crippen LogP) is 3.03. The third-order valence-electron chi connectivity index (χ3n) is 2.62. The van der Waals surface area contributed by atoms with E-state index >= 15 is 0 Å². The van der Waals surface area contributed by atoms with Crippen LogP contribution in [0.2, 0.25) is 0 Å². The molecule has 1 aromatic heterocycles. The Morgan fingerprint density at radius 3 is 2.77 bits per heavy atom. The van der Waals surface area contributed by atoms with Gasteiger partial charge in [0, 0.05) is 17.2 Å². The first kappa shape index (κ1) is 15.9. The van der Waals surface area contributed by atoms with Gasteiger partial charge in [0.25, 0.3) is 11.6 Å². The molecule has 0 amide bonds. The van der Waals surface area contributed by atoms with Gasteiger partial charge in [0.05, 0.1) is 4.92 Å². The molecule has 0 radical (unpaired) electrons. The van der Waals surface area contributed by atoms with Crippen molar-refractivity contribution in [1.82, 2.24) is 10.1 Å². The van der Waals surface area contributed by atoms with Gasteiger partial charge >= 0.3 is 6.18 Å². The highest BCUT2D eigenvalue weighted by Gasteiger charge is 2.27. The van der Waals surface area contributed by atoms with E-state index in [0.717, 1.165) is 0 Å². The lowest BCUT2D eigenvalue weighted by molar-refractivity contribution is -0.385. The molecule has 22 heavy (non-hydrogen) atoms. The molecule has 1 aromatic carbocycles. The summed E-state index contributed by atoms with van der Waals surface area (Å²) in [5, 5.41) is 14.4. The first-order valence-corrected chi connectivity index (χ1v) is 5.99. The maximum atomic E-state index is 11.9. The molecule has 0 saturated heterocycles. The zero-order valence-electron chi connectivity index (χ0n) is 11.3. The predicted molar refractivity (Wildman–Crippen MR) is 66.8 cm³/mol. The van der Waals surface area contributed by atoms with Gasteiger partial charge in [0.1, 0.15) is 13.2 Å². The summed E-state index contributed by atoms with van der Waals surface area (Å²) in [6, 6.07) is 4.33. The number of hydrogen-bond donors (Lipinski definition) is 0. The molecular formula is C12H10F3N3O4. The van der Waals surface area contributed by atoms with Gasteiger partial charge in [-0.05, 0) is 6.92 Å². The number of aryl methyl sites for hydroxylation is 1. The van der Waals surface area contributed by atoms with Crippen molar-refractivity contribution in [3.8, 4) is 11.4 Å². The lowest BCUT2D eigenvalue weighted by atomic mass is 10.1. The second-order valence-corrected chi connectivity index (χ2v) is 4.38. The van der Waals surface area contributed by atoms with E-state index < -0.39 is 24.3 Å². The van der Waals surface area contributed by atoms with Crippen LogP contribution in [-0.4, -0.2) is 27.8 Å². The van der Waals surface area contributed by atoms with Crippen LogP contribution in [0, 0.1) is 17.0 Å². The van der Waals surface area contributed by atoms with Crippen LogP contribution in [-0.2, 0) is 11.3 Å². The zero-order chi connectivity index (χ0) is 16.3. The topological polar surface area (TPSA) is 91.3 Å². The van der Waals surface area contributed by atoms with Crippen LogP contribution in [0.4, 0.5) is 18.9 Å². The Balaban J connectivity index is 2.11. The Morgan fingerprint density at radius 2 is 2.14 bits per heavy atom. The normalized spacial score (nSPS) is 11.6. The molecule has 1 heterocycles. The number of nitro groups is 1. The van der Waals surface area contributed by atoms with Gasteiger partial charge in [-0.3, -0.25) is 10.1 Å². The SMILES string of the molecule is Cc1ccc(-c2noc(COCC(F)(F)F)n2)cc1[N+](=O)[O-]. The minimum atomic E-state index is -4.44. The molecule has 7 nitrogen and oxygen atoms in total. The molecule has 10 heteroatoms. The van der Waals surface area contributed by atoms with Gasteiger partial charge in [-0.2, -0.15) is 18.2 Å². The van der Waals surface area contributed by atoms with Crippen LogP contribution in [0.25, 0.3) is 11.4 Å². The van der Waals surface area contributed by atoms with Gasteiger partial charge in [0.2, 0.25) is 5.82 Å². The van der Waals surface area contributed by atoms with Crippen molar-refractivity contribution in [2.75, 3.05) is 6.61 Å². The number of benzene rings is 1. The molecule has 0 saturated carbocycles. The first-order valence-electron chi connectivity index (χ1n) is 5.99. The average molecular weight is 317 g/mol. The molecular weight excluding hydrogens is 307 g/mol. The van der Waals surface area contributed by atoms with E-state index in [2.05, 4.69) is 14.9 Å². The number of aromatic nitrogens is 2. The Morgan fingerprint density at radius 1 is 1.41 bits per heavy atom. The molecule has 0 aliphatic carbocycles. The van der Waals surface area contributed by atoms with Crippen molar-refractivity contribution in [2.24, 2.45) is 0 Å². The van der Waals surface area contributed by atoms with Crippen molar-refractivity contribution in [3.05, 3.63) is 39.8 Å². The number of nitrogens with zero attached hydrogens (tertiary/aromatic N) is 3. The number of alkyl halides is 3. The van der Waals surface area contributed by atoms with Crippen molar-refractivity contribution in [1.29, 1.82) is 0 Å². The third-order valence-corrected chi connectivity index (χ3v) is 2.62. The highest BCUT2D eigenvalue weighted by molar-refractivity contribution is 5.60. The van der Waals surface area contributed by atoms with Gasteiger partial charge in [-0.15, -0.1) is 0 Å². The van der Waals surface area contributed by atoms with Crippen LogP contribution in [0.15, 0.2) is 22.7 Å². The molecule has 0 bridgehead atoms. The van der Waals surface area contributed by atoms with Crippen LogP contribution in [0.5, 0.6) is 0 Å². The maximum absolute atomic E-state index is 11.9. The Bertz CT molecular complexity index is 684. The zero-order valence-corrected chi connectivity index (χ0v) is 11.3. The van der Waals surface area contributed by atoms with E-state index in [-0.39, 0.29) is 17.4 Å². The van der Waals surface area contributed by atoms with E-state index in [0.29, 0.717) is 11.1 Å². The molecule has 2 aromatic rings. The average Bonchev–Trinajstić information content (AvgIpc) is 2.86. The standard InChI is InChI=1S/C12H10F3N3O4/c1-7-2-3-8(4-9(7)18(19)20)11-16-10(22-17-11)5-21-6-12(13,14)15/h2-4H,5-6H2,1H3. The van der Waals surface area contributed by atoms with Crippen LogP contribution in [0.3, 0.4) is 0 Å². The summed E-state index contributed by atoms with van der Waals surface area (Å²) >= 11 is 0. The van der Waals surface area contributed by atoms with Gasteiger partial charge in [-0.1, -0.05) is 17.3 Å². The first-order chi connectivity index (χ1) is 10.3. The molecule has 0 aliphatic rings. The Labute approximate surface area is 121 Å². The fourth-order valence-electron chi connectivity index (χ4n) is 1.63. The molecule has 2 rings (SSSR count). The van der Waals surface area contributed by atoms with E-state index in [4.69, 9.17) is 4.52 Å². The summed E-state index contributed by atoms with van der Waals surface area (Å²) in [5.41, 5.74) is 0.672. The fraction of sp³-hybridized carbons (Fsp3) is 0.333. The van der Waals surface area contributed by atoms with Crippen LogP contribution in [0.1, 0.15) is 11.5 Å². The number of halogens is 3. The quantitative estimate of drug-likeness (QED) is 0.622. The summed E-state index contributed by atoms with van der Waals surface area (Å²) < 4.78 is 44.9. The molecule has 0 spiro atoms. The van der Waals surface area contributed by atoms with Gasteiger partial charge in [0.15, 0.2) is 0 Å². The maximum Gasteiger partial charge on any atom is 0.411 e. The van der Waals surface area contributed by atoms with Gasteiger partial charge < -0.3 is 9.26 Å². The van der Waals surface area contributed by atoms with Crippen LogP contribution < -0.4 is 0 Å². The summed E-state index contributed by atoms with van der Waals surface area (Å²) in [5.74, 6) is -0.115. The van der Waals surface area contributed by atoms with Crippen molar-refractivity contribution >= 4 is 5.69 Å². The lowest BCUT2D eigenvalue weighted by Crippen LogP contribution is -2.16. The molecule has 0 fully saturated rings. The number of nitro benzene ring substituents is 1. The second-order valence-electron chi connectivity index (χ2n) is 4.38. The van der Waals surface area contributed by atoms with E-state index in [1.807, 2.05) is 0 Å². The van der Waals surface area contributed by atoms with Gasteiger partial charge in [-0.25, -0.2) is 0 Å². The summed E-state index contributed by atoms with van der Waals surface area (Å²) in [7, 11) is 0. The molecule has 0 N–H and O–H groups in total. The lowest BCUT2D eigenvalue weighted by Gasteiger charge is -2.04. The van der Waals surface area contributed by atoms with E-state index in [1.54, 1.807) is 13.0 Å². The third kappa shape index (κ3) is 4.01. The summed E-state index contributed by atoms with van der Waals surface area (Å²) in [4.78, 5) is 14.1. The van der Waals surface area contributed by atoms with E-state index in [1.165, 1.54) is 12.1 Å². The minimum absolute atomic E-state index is 0.0358. The monoisotopic (exact) mass is 317 g/mol. The largest absolute Gasteiger partial charge is 0.411 e. The smallest absolute Gasteiger partial charge is 0.362 e. The van der Waals surface area contributed by atoms with Crippen molar-refractivity contribution < 1.29 is 27.4 Å². The molecule has 0 unspecified atom stereocenters. The fourth-order valence-corrected chi connectivity index (χ4v) is 1.63. The Hall–Kier alpha value is -2.49. The highest BCUT2D eigenvalue weighted by atomic mass is 19.4. The van der Waals surface area contributed by atoms with Crippen molar-refractivity contribution in [2.45, 2.75) is 19.7 Å². The van der Waals surface area contributed by atoms with Crippen LogP contribution >= 0.6 is 0 Å². The molecule has 118 valence electrons. The highest BCUT2D eigenvalue weighted by Crippen LogP contribution is 2.25. The molecule has 0 aliphatic heterocycles. The second kappa shape index (κ2) is 6.10. The van der Waals surface area contributed by atoms with E-state index in [9.17, 15) is 23.3 Å².